The lowest BCUT2D eigenvalue weighted by atomic mass is 9.97. The standard InChI is InChI=1S/C13H26N4O2.ClH/c18-12(10-17-7-5-15-6-8-17)9-16-13(19)11-1-3-14-4-2-11;/h11-12,14-15,18H,1-10H2,(H,16,19);1H. The van der Waals surface area contributed by atoms with Gasteiger partial charge in [-0.2, -0.15) is 0 Å². The fraction of sp³-hybridized carbons (Fsp3) is 0.923. The molecule has 0 aromatic rings. The molecule has 2 fully saturated rings. The van der Waals surface area contributed by atoms with Crippen LogP contribution in [0.2, 0.25) is 0 Å². The molecule has 7 heteroatoms. The average Bonchev–Trinajstić information content (AvgIpc) is 2.47. The summed E-state index contributed by atoms with van der Waals surface area (Å²) in [7, 11) is 0. The summed E-state index contributed by atoms with van der Waals surface area (Å²) in [6.45, 7) is 6.75. The maximum atomic E-state index is 11.9. The van der Waals surface area contributed by atoms with Gasteiger partial charge in [0.15, 0.2) is 0 Å². The second-order valence-electron chi connectivity index (χ2n) is 5.47. The Morgan fingerprint density at radius 2 is 1.80 bits per heavy atom. The summed E-state index contributed by atoms with van der Waals surface area (Å²) >= 11 is 0. The zero-order valence-corrected chi connectivity index (χ0v) is 12.8. The minimum atomic E-state index is -0.469. The monoisotopic (exact) mass is 306 g/mol. The first-order valence-electron chi connectivity index (χ1n) is 7.35. The van der Waals surface area contributed by atoms with Gasteiger partial charge < -0.3 is 21.1 Å². The second-order valence-corrected chi connectivity index (χ2v) is 5.47. The van der Waals surface area contributed by atoms with Gasteiger partial charge in [-0.05, 0) is 25.9 Å². The first-order valence-corrected chi connectivity index (χ1v) is 7.35. The molecule has 0 aromatic heterocycles. The van der Waals surface area contributed by atoms with Crippen molar-refractivity contribution in [2.75, 3.05) is 52.4 Å². The fourth-order valence-electron chi connectivity index (χ4n) is 2.70. The predicted molar refractivity (Wildman–Crippen MR) is 81.2 cm³/mol. The van der Waals surface area contributed by atoms with Gasteiger partial charge in [0.05, 0.1) is 6.10 Å². The number of carbonyl (C=O) groups is 1. The van der Waals surface area contributed by atoms with Crippen LogP contribution in [0.4, 0.5) is 0 Å². The van der Waals surface area contributed by atoms with E-state index in [1.165, 1.54) is 0 Å². The number of aliphatic hydroxyl groups excluding tert-OH is 1. The van der Waals surface area contributed by atoms with Crippen LogP contribution >= 0.6 is 12.4 Å². The van der Waals surface area contributed by atoms with Crippen molar-refractivity contribution in [2.45, 2.75) is 18.9 Å². The van der Waals surface area contributed by atoms with E-state index in [2.05, 4.69) is 20.9 Å². The Balaban J connectivity index is 0.00000200. The van der Waals surface area contributed by atoms with Gasteiger partial charge in [0, 0.05) is 45.2 Å². The van der Waals surface area contributed by atoms with E-state index in [1.807, 2.05) is 0 Å². The molecule has 2 rings (SSSR count). The molecule has 0 aromatic carbocycles. The number of piperazine rings is 1. The Kier molecular flexibility index (Phi) is 8.40. The van der Waals surface area contributed by atoms with Crippen molar-refractivity contribution in [3.05, 3.63) is 0 Å². The molecule has 2 aliphatic heterocycles. The molecule has 2 aliphatic rings. The van der Waals surface area contributed by atoms with Gasteiger partial charge in [-0.3, -0.25) is 9.69 Å². The molecular weight excluding hydrogens is 280 g/mol. The van der Waals surface area contributed by atoms with Crippen molar-refractivity contribution in [3.63, 3.8) is 0 Å². The molecular formula is C13H27ClN4O2. The molecule has 0 saturated carbocycles. The third kappa shape index (κ3) is 5.93. The van der Waals surface area contributed by atoms with Crippen molar-refractivity contribution >= 4 is 18.3 Å². The van der Waals surface area contributed by atoms with Gasteiger partial charge in [-0.25, -0.2) is 0 Å². The Bertz CT molecular complexity index is 282. The molecule has 2 heterocycles. The number of piperidine rings is 1. The van der Waals surface area contributed by atoms with Gasteiger partial charge in [0.25, 0.3) is 0 Å². The molecule has 1 unspecified atom stereocenters. The molecule has 4 N–H and O–H groups in total. The van der Waals surface area contributed by atoms with Crippen LogP contribution in [0.1, 0.15) is 12.8 Å². The van der Waals surface area contributed by atoms with Crippen LogP contribution in [0.3, 0.4) is 0 Å². The number of carbonyl (C=O) groups excluding carboxylic acids is 1. The van der Waals surface area contributed by atoms with Crippen molar-refractivity contribution in [3.8, 4) is 0 Å². The number of hydrogen-bond donors (Lipinski definition) is 4. The molecule has 118 valence electrons. The van der Waals surface area contributed by atoms with Gasteiger partial charge in [-0.15, -0.1) is 12.4 Å². The average molecular weight is 307 g/mol. The normalized spacial score (nSPS) is 22.9. The second kappa shape index (κ2) is 9.52. The third-order valence-corrected chi connectivity index (χ3v) is 3.90. The van der Waals surface area contributed by atoms with E-state index in [4.69, 9.17) is 0 Å². The van der Waals surface area contributed by atoms with Crippen molar-refractivity contribution < 1.29 is 9.90 Å². The highest BCUT2D eigenvalue weighted by molar-refractivity contribution is 5.85. The van der Waals surface area contributed by atoms with E-state index in [9.17, 15) is 9.90 Å². The molecule has 0 radical (unpaired) electrons. The highest BCUT2D eigenvalue weighted by Crippen LogP contribution is 2.11. The minimum absolute atomic E-state index is 0. The van der Waals surface area contributed by atoms with E-state index >= 15 is 0 Å². The minimum Gasteiger partial charge on any atom is -0.390 e. The van der Waals surface area contributed by atoms with Crippen molar-refractivity contribution in [1.29, 1.82) is 0 Å². The Morgan fingerprint density at radius 3 is 2.45 bits per heavy atom. The summed E-state index contributed by atoms with van der Waals surface area (Å²) in [5.41, 5.74) is 0. The maximum Gasteiger partial charge on any atom is 0.223 e. The molecule has 0 spiro atoms. The van der Waals surface area contributed by atoms with Crippen molar-refractivity contribution in [1.82, 2.24) is 20.9 Å². The fourth-order valence-corrected chi connectivity index (χ4v) is 2.70. The van der Waals surface area contributed by atoms with Crippen LogP contribution in [-0.2, 0) is 4.79 Å². The van der Waals surface area contributed by atoms with Gasteiger partial charge in [0.2, 0.25) is 5.91 Å². The largest absolute Gasteiger partial charge is 0.390 e. The van der Waals surface area contributed by atoms with Crippen LogP contribution in [0.25, 0.3) is 0 Å². The molecule has 2 saturated heterocycles. The quantitative estimate of drug-likeness (QED) is 0.513. The number of hydrogen-bond acceptors (Lipinski definition) is 5. The number of nitrogens with one attached hydrogen (secondary N) is 3. The van der Waals surface area contributed by atoms with Gasteiger partial charge in [-0.1, -0.05) is 0 Å². The highest BCUT2D eigenvalue weighted by Gasteiger charge is 2.21. The summed E-state index contributed by atoms with van der Waals surface area (Å²) in [6, 6.07) is 0. The van der Waals surface area contributed by atoms with Gasteiger partial charge >= 0.3 is 0 Å². The predicted octanol–water partition coefficient (Wildman–Crippen LogP) is -1.21. The van der Waals surface area contributed by atoms with E-state index in [-0.39, 0.29) is 24.2 Å². The van der Waals surface area contributed by atoms with Crippen LogP contribution in [-0.4, -0.2) is 74.4 Å². The number of nitrogens with zero attached hydrogens (tertiary/aromatic N) is 1. The van der Waals surface area contributed by atoms with Gasteiger partial charge in [0.1, 0.15) is 0 Å². The molecule has 6 nitrogen and oxygen atoms in total. The zero-order valence-electron chi connectivity index (χ0n) is 11.9. The summed E-state index contributed by atoms with van der Waals surface area (Å²) in [5.74, 6) is 0.216. The van der Waals surface area contributed by atoms with E-state index in [0.717, 1.165) is 52.1 Å². The first kappa shape index (κ1) is 17.7. The number of aliphatic hydroxyl groups is 1. The molecule has 0 bridgehead atoms. The van der Waals surface area contributed by atoms with Crippen LogP contribution in [0.5, 0.6) is 0 Å². The Morgan fingerprint density at radius 1 is 1.20 bits per heavy atom. The van der Waals surface area contributed by atoms with E-state index < -0.39 is 6.10 Å². The summed E-state index contributed by atoms with van der Waals surface area (Å²) in [4.78, 5) is 14.2. The lowest BCUT2D eigenvalue weighted by Crippen LogP contribution is -2.49. The summed E-state index contributed by atoms with van der Waals surface area (Å²) < 4.78 is 0. The molecule has 1 atom stereocenters. The van der Waals surface area contributed by atoms with Crippen molar-refractivity contribution in [2.24, 2.45) is 5.92 Å². The lowest BCUT2D eigenvalue weighted by molar-refractivity contribution is -0.126. The van der Waals surface area contributed by atoms with Crippen LogP contribution in [0.15, 0.2) is 0 Å². The Hall–Kier alpha value is -0.400. The lowest BCUT2D eigenvalue weighted by Gasteiger charge is -2.29. The zero-order chi connectivity index (χ0) is 13.5. The topological polar surface area (TPSA) is 76.6 Å². The number of amides is 1. The highest BCUT2D eigenvalue weighted by atomic mass is 35.5. The summed E-state index contributed by atoms with van der Waals surface area (Å²) in [5, 5.41) is 19.4. The SMILES string of the molecule is Cl.O=C(NCC(O)CN1CCNCC1)C1CCNCC1. The maximum absolute atomic E-state index is 11.9. The summed E-state index contributed by atoms with van der Waals surface area (Å²) in [6.07, 6.45) is 1.34. The number of rotatable bonds is 5. The van der Waals surface area contributed by atoms with E-state index in [1.54, 1.807) is 0 Å². The third-order valence-electron chi connectivity index (χ3n) is 3.90. The Labute approximate surface area is 127 Å². The smallest absolute Gasteiger partial charge is 0.223 e. The molecule has 20 heavy (non-hydrogen) atoms. The molecule has 0 aliphatic carbocycles. The first-order chi connectivity index (χ1) is 9.25. The number of β-amino-alcohol motifs (C(OH)–C–C–N with tert-alkyl or cyclic N) is 1. The number of halogens is 1. The van der Waals surface area contributed by atoms with Crippen LogP contribution in [0, 0.1) is 5.92 Å². The van der Waals surface area contributed by atoms with E-state index in [0.29, 0.717) is 13.1 Å². The van der Waals surface area contributed by atoms with Crippen LogP contribution < -0.4 is 16.0 Å². The molecule has 1 amide bonds.